The first-order valence-corrected chi connectivity index (χ1v) is 13.2. The van der Waals surface area contributed by atoms with Gasteiger partial charge < -0.3 is 39.7 Å². The van der Waals surface area contributed by atoms with Crippen LogP contribution in [0.4, 0.5) is 0 Å². The van der Waals surface area contributed by atoms with E-state index in [2.05, 4.69) is 13.8 Å². The summed E-state index contributed by atoms with van der Waals surface area (Å²) < 4.78 is 17.1. The van der Waals surface area contributed by atoms with E-state index in [1.165, 1.54) is 0 Å². The molecule has 4 fully saturated rings. The summed E-state index contributed by atoms with van der Waals surface area (Å²) in [5, 5.41) is 49.6. The summed E-state index contributed by atoms with van der Waals surface area (Å²) in [6, 6.07) is 0. The second-order valence-corrected chi connectivity index (χ2v) is 12.3. The van der Waals surface area contributed by atoms with Crippen molar-refractivity contribution in [3.05, 3.63) is 0 Å². The van der Waals surface area contributed by atoms with Gasteiger partial charge in [0.15, 0.2) is 6.29 Å². The molecule has 2 saturated heterocycles. The summed E-state index contributed by atoms with van der Waals surface area (Å²) in [5.41, 5.74) is -1.45. The summed E-state index contributed by atoms with van der Waals surface area (Å²) in [7, 11) is 0. The molecule has 0 aromatic heterocycles. The third-order valence-electron chi connectivity index (χ3n) is 10.0. The molecule has 0 aromatic rings. The van der Waals surface area contributed by atoms with Gasteiger partial charge >= 0.3 is 11.9 Å². The summed E-state index contributed by atoms with van der Waals surface area (Å²) in [6.45, 7) is 5.75. The Morgan fingerprint density at radius 3 is 2.47 bits per heavy atom. The molecule has 10 heteroatoms. The Balaban J connectivity index is 1.43. The Morgan fingerprint density at radius 2 is 1.81 bits per heavy atom. The molecular weight excluding hydrogens is 472 g/mol. The molecule has 2 saturated carbocycles. The topological polar surface area (TPSA) is 163 Å². The lowest BCUT2D eigenvalue weighted by molar-refractivity contribution is -0.302. The molecule has 11 unspecified atom stereocenters. The Morgan fingerprint density at radius 1 is 1.08 bits per heavy atom. The van der Waals surface area contributed by atoms with E-state index in [4.69, 9.17) is 14.2 Å². The van der Waals surface area contributed by atoms with Gasteiger partial charge in [0.05, 0.1) is 18.6 Å². The monoisotopic (exact) mass is 514 g/mol. The zero-order chi connectivity index (χ0) is 26.5. The van der Waals surface area contributed by atoms with E-state index in [0.717, 1.165) is 25.7 Å². The number of carboxylic acids is 1. The van der Waals surface area contributed by atoms with Gasteiger partial charge in [-0.25, -0.2) is 0 Å². The number of ether oxygens (including phenoxy) is 3. The van der Waals surface area contributed by atoms with Gasteiger partial charge in [-0.1, -0.05) is 20.3 Å². The minimum Gasteiger partial charge on any atom is -0.481 e. The maximum atomic E-state index is 12.9. The molecular formula is C26H42O10. The fourth-order valence-corrected chi connectivity index (χ4v) is 7.61. The maximum Gasteiger partial charge on any atom is 0.309 e. The number of fused-ring (bicyclic) bond motifs is 3. The minimum absolute atomic E-state index is 0.0902. The van der Waals surface area contributed by atoms with Crippen molar-refractivity contribution in [1.82, 2.24) is 0 Å². The van der Waals surface area contributed by atoms with Crippen LogP contribution in [0.5, 0.6) is 0 Å². The number of hydrogen-bond donors (Lipinski definition) is 5. The zero-order valence-corrected chi connectivity index (χ0v) is 21.5. The molecule has 0 bridgehead atoms. The van der Waals surface area contributed by atoms with E-state index in [0.29, 0.717) is 19.3 Å². The van der Waals surface area contributed by atoms with Crippen molar-refractivity contribution in [2.45, 2.75) is 109 Å². The lowest BCUT2D eigenvalue weighted by Gasteiger charge is -2.55. The fraction of sp³-hybridized carbons (Fsp3) is 0.923. The maximum absolute atomic E-state index is 12.9. The molecule has 0 amide bonds. The van der Waals surface area contributed by atoms with Gasteiger partial charge in [-0.05, 0) is 62.2 Å². The molecule has 4 rings (SSSR count). The van der Waals surface area contributed by atoms with Crippen molar-refractivity contribution in [2.24, 2.45) is 28.1 Å². The van der Waals surface area contributed by atoms with Crippen LogP contribution in [0.1, 0.15) is 72.1 Å². The van der Waals surface area contributed by atoms with Crippen LogP contribution in [0.25, 0.3) is 0 Å². The highest BCUT2D eigenvalue weighted by atomic mass is 16.7. The number of aliphatic hydroxyl groups is 4. The van der Waals surface area contributed by atoms with Gasteiger partial charge in [0, 0.05) is 12.3 Å². The minimum atomic E-state index is -1.49. The zero-order valence-electron chi connectivity index (χ0n) is 21.5. The van der Waals surface area contributed by atoms with Crippen molar-refractivity contribution >= 4 is 11.9 Å². The molecule has 5 N–H and O–H groups in total. The van der Waals surface area contributed by atoms with Crippen molar-refractivity contribution in [3.63, 3.8) is 0 Å². The highest BCUT2D eigenvalue weighted by molar-refractivity contribution is 5.77. The number of esters is 1. The van der Waals surface area contributed by atoms with Crippen LogP contribution >= 0.6 is 0 Å². The van der Waals surface area contributed by atoms with Crippen molar-refractivity contribution in [1.29, 1.82) is 0 Å². The lowest BCUT2D eigenvalue weighted by atomic mass is 9.48. The van der Waals surface area contributed by atoms with Gasteiger partial charge in [-0.15, -0.1) is 0 Å². The Bertz CT molecular complexity index is 834. The van der Waals surface area contributed by atoms with Crippen molar-refractivity contribution in [3.8, 4) is 0 Å². The molecule has 4 aliphatic rings. The highest BCUT2D eigenvalue weighted by Gasteiger charge is 2.61. The number of rotatable bonds is 6. The van der Waals surface area contributed by atoms with Crippen LogP contribution in [0.15, 0.2) is 0 Å². The number of aliphatic carboxylic acids is 1. The summed E-state index contributed by atoms with van der Waals surface area (Å²) in [5.74, 6) is -1.34. The van der Waals surface area contributed by atoms with Crippen LogP contribution in [-0.4, -0.2) is 87.5 Å². The summed E-state index contributed by atoms with van der Waals surface area (Å²) in [6.07, 6.45) is -1.56. The fourth-order valence-electron chi connectivity index (χ4n) is 7.61. The Labute approximate surface area is 211 Å². The molecule has 2 heterocycles. The standard InChI is InChI=1S/C26H42O10/c1-24(9-10-34-22-21(31)20(30)19(29)16(13-27)36-22)8-5-14-15(12-24)35-18(28)11-17-25(14,2)6-4-7-26(17,3)23(32)33/h14-17,19-22,27,29-31H,4-13H2,1-3H3,(H,32,33). The lowest BCUT2D eigenvalue weighted by Crippen LogP contribution is -2.59. The van der Waals surface area contributed by atoms with Crippen molar-refractivity contribution < 1.29 is 49.3 Å². The van der Waals surface area contributed by atoms with Crippen LogP contribution < -0.4 is 0 Å². The Hall–Kier alpha value is -1.30. The van der Waals surface area contributed by atoms with E-state index in [1.807, 2.05) is 0 Å². The third kappa shape index (κ3) is 4.80. The van der Waals surface area contributed by atoms with Gasteiger partial charge in [0.2, 0.25) is 0 Å². The molecule has 0 spiro atoms. The molecule has 11 atom stereocenters. The number of aliphatic hydroxyl groups excluding tert-OH is 4. The molecule has 36 heavy (non-hydrogen) atoms. The molecule has 2 aliphatic heterocycles. The number of hydrogen-bond acceptors (Lipinski definition) is 9. The third-order valence-corrected chi connectivity index (χ3v) is 10.0. The van der Waals surface area contributed by atoms with E-state index in [1.54, 1.807) is 6.92 Å². The SMILES string of the molecule is CC1(CCOC2OC(CO)C(O)C(O)C2O)CCC2C(C1)OC(=O)CC1C(C)(C(=O)O)CCCC21C. The summed E-state index contributed by atoms with van der Waals surface area (Å²) >= 11 is 0. The van der Waals surface area contributed by atoms with Crippen LogP contribution in [0.3, 0.4) is 0 Å². The van der Waals surface area contributed by atoms with Crippen LogP contribution in [0, 0.1) is 28.1 Å². The summed E-state index contributed by atoms with van der Waals surface area (Å²) in [4.78, 5) is 25.1. The van der Waals surface area contributed by atoms with Gasteiger partial charge in [-0.2, -0.15) is 0 Å². The molecule has 0 radical (unpaired) electrons. The first-order chi connectivity index (χ1) is 16.8. The average molecular weight is 515 g/mol. The van der Waals surface area contributed by atoms with E-state index < -0.39 is 48.7 Å². The Kier molecular flexibility index (Phi) is 7.79. The van der Waals surface area contributed by atoms with E-state index in [9.17, 15) is 35.1 Å². The highest BCUT2D eigenvalue weighted by Crippen LogP contribution is 2.62. The first kappa shape index (κ1) is 27.7. The van der Waals surface area contributed by atoms with Crippen LogP contribution in [0.2, 0.25) is 0 Å². The average Bonchev–Trinajstić information content (AvgIpc) is 2.92. The predicted octanol–water partition coefficient (Wildman–Crippen LogP) is 1.21. The molecule has 206 valence electrons. The largest absolute Gasteiger partial charge is 0.481 e. The first-order valence-electron chi connectivity index (χ1n) is 13.2. The number of carbonyl (C=O) groups is 2. The number of carboxylic acid groups (broad SMARTS) is 1. The predicted molar refractivity (Wildman–Crippen MR) is 125 cm³/mol. The van der Waals surface area contributed by atoms with Gasteiger partial charge in [0.1, 0.15) is 30.5 Å². The smallest absolute Gasteiger partial charge is 0.309 e. The van der Waals surface area contributed by atoms with Crippen LogP contribution in [-0.2, 0) is 23.8 Å². The van der Waals surface area contributed by atoms with Crippen molar-refractivity contribution in [2.75, 3.05) is 13.2 Å². The van der Waals surface area contributed by atoms with E-state index in [-0.39, 0.29) is 47.8 Å². The molecule has 0 aromatic carbocycles. The van der Waals surface area contributed by atoms with Gasteiger partial charge in [0.25, 0.3) is 0 Å². The second-order valence-electron chi connectivity index (χ2n) is 12.3. The quantitative estimate of drug-likeness (QED) is 0.326. The molecule has 2 aliphatic carbocycles. The second kappa shape index (κ2) is 10.1. The van der Waals surface area contributed by atoms with Gasteiger partial charge in [-0.3, -0.25) is 9.59 Å². The molecule has 10 nitrogen and oxygen atoms in total. The van der Waals surface area contributed by atoms with E-state index >= 15 is 0 Å². The normalized spacial score (nSPS) is 49.4. The number of carbonyl (C=O) groups excluding carboxylic acids is 1.